The summed E-state index contributed by atoms with van der Waals surface area (Å²) in [6.45, 7) is 4.96. The molecule has 0 radical (unpaired) electrons. The maximum Gasteiger partial charge on any atom is 0.255 e. The molecule has 21 heavy (non-hydrogen) atoms. The Kier molecular flexibility index (Phi) is 4.84. The van der Waals surface area contributed by atoms with Gasteiger partial charge in [-0.1, -0.05) is 6.07 Å². The minimum atomic E-state index is -0.0723. The third kappa shape index (κ3) is 3.76. The van der Waals surface area contributed by atoms with Gasteiger partial charge in [0.15, 0.2) is 0 Å². The van der Waals surface area contributed by atoms with Gasteiger partial charge in [0.2, 0.25) is 0 Å². The average molecular weight is 285 g/mol. The van der Waals surface area contributed by atoms with Crippen LogP contribution < -0.4 is 11.3 Å². The van der Waals surface area contributed by atoms with Crippen molar-refractivity contribution in [3.05, 3.63) is 53.5 Å². The Bertz CT molecular complexity index is 612. The number of hydrogen-bond acceptors (Lipinski definition) is 5. The first-order chi connectivity index (χ1) is 10.1. The molecule has 0 aliphatic heterocycles. The van der Waals surface area contributed by atoms with E-state index in [-0.39, 0.29) is 5.91 Å². The van der Waals surface area contributed by atoms with Crippen LogP contribution in [-0.4, -0.2) is 27.3 Å². The van der Waals surface area contributed by atoms with E-state index in [9.17, 15) is 4.79 Å². The Labute approximate surface area is 124 Å². The topological polar surface area (TPSA) is 84.1 Å². The molecule has 2 aromatic heterocycles. The van der Waals surface area contributed by atoms with Gasteiger partial charge >= 0.3 is 0 Å². The summed E-state index contributed by atoms with van der Waals surface area (Å²) in [6.07, 6.45) is 1.52. The summed E-state index contributed by atoms with van der Waals surface area (Å²) in [7, 11) is 0. The maximum atomic E-state index is 12.5. The van der Waals surface area contributed by atoms with Crippen molar-refractivity contribution in [2.75, 3.05) is 12.0 Å². The molecule has 3 N–H and O–H groups in total. The maximum absolute atomic E-state index is 12.5. The van der Waals surface area contributed by atoms with Crippen LogP contribution >= 0.6 is 0 Å². The predicted octanol–water partition coefficient (Wildman–Crippen LogP) is 1.73. The van der Waals surface area contributed by atoms with E-state index in [1.54, 1.807) is 17.0 Å². The summed E-state index contributed by atoms with van der Waals surface area (Å²) in [5, 5.41) is 0. The highest BCUT2D eigenvalue weighted by Gasteiger charge is 2.15. The van der Waals surface area contributed by atoms with Crippen LogP contribution in [-0.2, 0) is 6.54 Å². The Hall–Kier alpha value is -2.47. The molecule has 0 spiro atoms. The Balaban J connectivity index is 2.14. The van der Waals surface area contributed by atoms with Gasteiger partial charge in [0.1, 0.15) is 5.82 Å². The lowest BCUT2D eigenvalue weighted by Gasteiger charge is -2.20. The molecule has 2 heterocycles. The van der Waals surface area contributed by atoms with Gasteiger partial charge in [0, 0.05) is 18.4 Å². The molecule has 0 bridgehead atoms. The number of aromatic nitrogens is 2. The number of anilines is 1. The molecule has 0 saturated carbocycles. The van der Waals surface area contributed by atoms with Crippen LogP contribution in [0.15, 0.2) is 36.5 Å². The van der Waals surface area contributed by atoms with E-state index in [1.807, 2.05) is 32.0 Å². The molecule has 0 aliphatic carbocycles. The molecule has 0 atom stereocenters. The molecule has 0 unspecified atom stereocenters. The van der Waals surface area contributed by atoms with Gasteiger partial charge in [0.05, 0.1) is 17.8 Å². The van der Waals surface area contributed by atoms with Crippen molar-refractivity contribution in [3.63, 3.8) is 0 Å². The molecule has 2 aromatic rings. The first-order valence-corrected chi connectivity index (χ1v) is 6.78. The molecule has 110 valence electrons. The quantitative estimate of drug-likeness (QED) is 0.645. The van der Waals surface area contributed by atoms with Crippen molar-refractivity contribution in [1.29, 1.82) is 0 Å². The van der Waals surface area contributed by atoms with E-state index >= 15 is 0 Å². The number of rotatable bonds is 5. The summed E-state index contributed by atoms with van der Waals surface area (Å²) in [5.41, 5.74) is 4.78. The van der Waals surface area contributed by atoms with Crippen LogP contribution in [0.2, 0.25) is 0 Å². The van der Waals surface area contributed by atoms with Crippen LogP contribution in [0.25, 0.3) is 0 Å². The molecule has 0 aromatic carbocycles. The number of hydrazine groups is 1. The molecule has 0 fully saturated rings. The lowest BCUT2D eigenvalue weighted by atomic mass is 10.2. The monoisotopic (exact) mass is 285 g/mol. The fourth-order valence-corrected chi connectivity index (χ4v) is 2.00. The van der Waals surface area contributed by atoms with Crippen molar-refractivity contribution < 1.29 is 4.79 Å². The average Bonchev–Trinajstić information content (AvgIpc) is 2.52. The van der Waals surface area contributed by atoms with Crippen molar-refractivity contribution in [3.8, 4) is 0 Å². The first kappa shape index (κ1) is 14.9. The number of nitrogens with two attached hydrogens (primary N) is 1. The zero-order chi connectivity index (χ0) is 15.2. The zero-order valence-corrected chi connectivity index (χ0v) is 12.2. The van der Waals surface area contributed by atoms with Gasteiger partial charge in [-0.2, -0.15) is 0 Å². The molecular weight excluding hydrogens is 266 g/mol. The van der Waals surface area contributed by atoms with Gasteiger partial charge in [-0.05, 0) is 38.1 Å². The highest BCUT2D eigenvalue weighted by Crippen LogP contribution is 2.10. The summed E-state index contributed by atoms with van der Waals surface area (Å²) < 4.78 is 0. The second kappa shape index (κ2) is 6.81. The van der Waals surface area contributed by atoms with Gasteiger partial charge in [0.25, 0.3) is 5.91 Å². The standard InChI is InChI=1S/C15H19N5O/c1-3-20(10-13-6-4-5-11(2)18-13)15(21)12-7-8-14(19-16)17-9-12/h4-9H,3,10,16H2,1-2H3,(H,17,19). The number of carbonyl (C=O) groups is 1. The zero-order valence-electron chi connectivity index (χ0n) is 12.2. The summed E-state index contributed by atoms with van der Waals surface area (Å²) in [4.78, 5) is 22.7. The summed E-state index contributed by atoms with van der Waals surface area (Å²) in [6, 6.07) is 9.18. The largest absolute Gasteiger partial charge is 0.333 e. The van der Waals surface area contributed by atoms with Crippen molar-refractivity contribution >= 4 is 11.7 Å². The number of hydrogen-bond donors (Lipinski definition) is 2. The van der Waals surface area contributed by atoms with Crippen molar-refractivity contribution in [2.45, 2.75) is 20.4 Å². The molecule has 2 rings (SSSR count). The minimum absolute atomic E-state index is 0.0723. The number of nitrogen functional groups attached to an aromatic ring is 1. The van der Waals surface area contributed by atoms with Crippen molar-refractivity contribution in [2.24, 2.45) is 5.84 Å². The smallest absolute Gasteiger partial charge is 0.255 e. The second-order valence-corrected chi connectivity index (χ2v) is 4.67. The van der Waals surface area contributed by atoms with E-state index in [0.717, 1.165) is 11.4 Å². The molecule has 6 nitrogen and oxygen atoms in total. The fraction of sp³-hybridized carbons (Fsp3) is 0.267. The summed E-state index contributed by atoms with van der Waals surface area (Å²) >= 11 is 0. The molecule has 0 saturated heterocycles. The van der Waals surface area contributed by atoms with Crippen LogP contribution in [0.5, 0.6) is 0 Å². The van der Waals surface area contributed by atoms with E-state index in [2.05, 4.69) is 15.4 Å². The third-order valence-corrected chi connectivity index (χ3v) is 3.13. The Morgan fingerprint density at radius 3 is 2.71 bits per heavy atom. The van der Waals surface area contributed by atoms with E-state index < -0.39 is 0 Å². The van der Waals surface area contributed by atoms with Gasteiger partial charge in [-0.15, -0.1) is 0 Å². The molecular formula is C15H19N5O. The van der Waals surface area contributed by atoms with Gasteiger partial charge < -0.3 is 10.3 Å². The highest BCUT2D eigenvalue weighted by molar-refractivity contribution is 5.94. The highest BCUT2D eigenvalue weighted by atomic mass is 16.2. The lowest BCUT2D eigenvalue weighted by Crippen LogP contribution is -2.30. The van der Waals surface area contributed by atoms with E-state index in [0.29, 0.717) is 24.5 Å². The van der Waals surface area contributed by atoms with Crippen LogP contribution in [0.3, 0.4) is 0 Å². The predicted molar refractivity (Wildman–Crippen MR) is 81.4 cm³/mol. The fourth-order valence-electron chi connectivity index (χ4n) is 2.00. The number of aryl methyl sites for hydroxylation is 1. The first-order valence-electron chi connectivity index (χ1n) is 6.78. The molecule has 6 heteroatoms. The number of nitrogens with zero attached hydrogens (tertiary/aromatic N) is 3. The molecule has 1 amide bonds. The van der Waals surface area contributed by atoms with Gasteiger partial charge in [-0.25, -0.2) is 10.8 Å². The van der Waals surface area contributed by atoms with E-state index in [4.69, 9.17) is 5.84 Å². The Morgan fingerprint density at radius 1 is 1.33 bits per heavy atom. The van der Waals surface area contributed by atoms with Crippen LogP contribution in [0, 0.1) is 6.92 Å². The normalized spacial score (nSPS) is 10.2. The SMILES string of the molecule is CCN(Cc1cccc(C)n1)C(=O)c1ccc(NN)nc1. The van der Waals surface area contributed by atoms with Crippen LogP contribution in [0.1, 0.15) is 28.7 Å². The number of nitrogens with one attached hydrogen (secondary N) is 1. The number of carbonyl (C=O) groups excluding carboxylic acids is 1. The van der Waals surface area contributed by atoms with Crippen LogP contribution in [0.4, 0.5) is 5.82 Å². The summed E-state index contributed by atoms with van der Waals surface area (Å²) in [5.74, 6) is 5.71. The van der Waals surface area contributed by atoms with Gasteiger partial charge in [-0.3, -0.25) is 9.78 Å². The van der Waals surface area contributed by atoms with E-state index in [1.165, 1.54) is 6.20 Å². The minimum Gasteiger partial charge on any atom is -0.333 e. The second-order valence-electron chi connectivity index (χ2n) is 4.67. The third-order valence-electron chi connectivity index (χ3n) is 3.13. The Morgan fingerprint density at radius 2 is 2.14 bits per heavy atom. The lowest BCUT2D eigenvalue weighted by molar-refractivity contribution is 0.0750. The number of amides is 1. The molecule has 0 aliphatic rings. The van der Waals surface area contributed by atoms with Crippen molar-refractivity contribution in [1.82, 2.24) is 14.9 Å². The number of pyridine rings is 2.